The number of hydrogen-bond acceptors (Lipinski definition) is 3. The van der Waals surface area contributed by atoms with Crippen molar-refractivity contribution in [2.75, 3.05) is 19.0 Å². The van der Waals surface area contributed by atoms with E-state index in [1.54, 1.807) is 12.1 Å². The molecule has 0 spiro atoms. The fraction of sp³-hybridized carbons (Fsp3) is 0.364. The Labute approximate surface area is 88.9 Å². The first-order valence-electron chi connectivity index (χ1n) is 4.72. The van der Waals surface area contributed by atoms with E-state index in [0.717, 1.165) is 5.56 Å². The maximum atomic E-state index is 11.3. The number of hydrogen-bond donors (Lipinski definition) is 2. The number of rotatable bonds is 4. The predicted molar refractivity (Wildman–Crippen MR) is 58.0 cm³/mol. The van der Waals surface area contributed by atoms with Gasteiger partial charge in [-0.25, -0.2) is 0 Å². The van der Waals surface area contributed by atoms with Crippen molar-refractivity contribution in [2.24, 2.45) is 0 Å². The van der Waals surface area contributed by atoms with E-state index in [9.17, 15) is 9.90 Å². The summed E-state index contributed by atoms with van der Waals surface area (Å²) in [5.74, 6) is -0.0863. The van der Waals surface area contributed by atoms with Gasteiger partial charge in [0.2, 0.25) is 5.91 Å². The van der Waals surface area contributed by atoms with Gasteiger partial charge < -0.3 is 15.2 Å². The van der Waals surface area contributed by atoms with Crippen molar-refractivity contribution < 1.29 is 14.6 Å². The summed E-state index contributed by atoms with van der Waals surface area (Å²) in [7, 11) is 1.54. The van der Waals surface area contributed by atoms with Crippen LogP contribution in [0, 0.1) is 6.92 Å². The van der Waals surface area contributed by atoms with Crippen LogP contribution < -0.4 is 5.32 Å². The van der Waals surface area contributed by atoms with E-state index in [4.69, 9.17) is 4.74 Å². The number of aromatic hydroxyl groups is 1. The van der Waals surface area contributed by atoms with Gasteiger partial charge in [-0.2, -0.15) is 0 Å². The Morgan fingerprint density at radius 3 is 2.87 bits per heavy atom. The number of carbonyl (C=O) groups excluding carboxylic acids is 1. The fourth-order valence-corrected chi connectivity index (χ4v) is 1.15. The summed E-state index contributed by atoms with van der Waals surface area (Å²) in [5.41, 5.74) is 1.38. The number of aryl methyl sites for hydroxylation is 1. The first kappa shape index (κ1) is 11.5. The highest BCUT2D eigenvalue weighted by Crippen LogP contribution is 2.23. The Bertz CT molecular complexity index is 350. The van der Waals surface area contributed by atoms with Crippen LogP contribution in [-0.4, -0.2) is 24.7 Å². The van der Waals surface area contributed by atoms with Crippen molar-refractivity contribution in [3.05, 3.63) is 23.8 Å². The van der Waals surface area contributed by atoms with Crippen molar-refractivity contribution in [1.29, 1.82) is 0 Å². The molecule has 1 rings (SSSR count). The molecule has 0 fully saturated rings. The summed E-state index contributed by atoms with van der Waals surface area (Å²) in [6.07, 6.45) is 0.282. The van der Waals surface area contributed by atoms with Gasteiger partial charge in [0.1, 0.15) is 5.75 Å². The van der Waals surface area contributed by atoms with Crippen LogP contribution in [-0.2, 0) is 9.53 Å². The largest absolute Gasteiger partial charge is 0.506 e. The van der Waals surface area contributed by atoms with E-state index in [-0.39, 0.29) is 18.1 Å². The van der Waals surface area contributed by atoms with Gasteiger partial charge in [-0.3, -0.25) is 4.79 Å². The minimum atomic E-state index is -0.170. The first-order valence-corrected chi connectivity index (χ1v) is 4.72. The molecular formula is C11H15NO3. The lowest BCUT2D eigenvalue weighted by molar-refractivity contribution is -0.117. The van der Waals surface area contributed by atoms with Crippen LogP contribution in [0.3, 0.4) is 0 Å². The molecule has 0 radical (unpaired) electrons. The van der Waals surface area contributed by atoms with E-state index < -0.39 is 0 Å². The number of carbonyl (C=O) groups is 1. The summed E-state index contributed by atoms with van der Waals surface area (Å²) in [4.78, 5) is 11.3. The molecule has 4 heteroatoms. The molecule has 0 aliphatic carbocycles. The van der Waals surface area contributed by atoms with Crippen LogP contribution in [0.5, 0.6) is 5.75 Å². The molecule has 0 unspecified atom stereocenters. The number of phenols is 1. The van der Waals surface area contributed by atoms with Crippen molar-refractivity contribution in [3.8, 4) is 5.75 Å². The van der Waals surface area contributed by atoms with Crippen LogP contribution in [0.15, 0.2) is 18.2 Å². The topological polar surface area (TPSA) is 58.6 Å². The molecule has 0 heterocycles. The smallest absolute Gasteiger partial charge is 0.226 e. The minimum absolute atomic E-state index is 0.0840. The van der Waals surface area contributed by atoms with E-state index >= 15 is 0 Å². The number of amides is 1. The molecular weight excluding hydrogens is 194 g/mol. The number of benzene rings is 1. The molecule has 0 aromatic heterocycles. The van der Waals surface area contributed by atoms with Gasteiger partial charge in [-0.15, -0.1) is 0 Å². The quantitative estimate of drug-likeness (QED) is 0.742. The highest BCUT2D eigenvalue weighted by molar-refractivity contribution is 5.92. The molecule has 1 amide bonds. The maximum absolute atomic E-state index is 11.3. The average molecular weight is 209 g/mol. The van der Waals surface area contributed by atoms with E-state index in [1.807, 2.05) is 13.0 Å². The Kier molecular flexibility index (Phi) is 4.12. The highest BCUT2D eigenvalue weighted by atomic mass is 16.5. The van der Waals surface area contributed by atoms with Gasteiger partial charge in [0.15, 0.2) is 0 Å². The van der Waals surface area contributed by atoms with Gasteiger partial charge in [0, 0.05) is 7.11 Å². The van der Waals surface area contributed by atoms with Crippen LogP contribution in [0.4, 0.5) is 5.69 Å². The van der Waals surface area contributed by atoms with Gasteiger partial charge >= 0.3 is 0 Å². The van der Waals surface area contributed by atoms with Gasteiger partial charge in [0.25, 0.3) is 0 Å². The number of nitrogens with one attached hydrogen (secondary N) is 1. The summed E-state index contributed by atoms with van der Waals surface area (Å²) >= 11 is 0. The Morgan fingerprint density at radius 1 is 1.53 bits per heavy atom. The summed E-state index contributed by atoms with van der Waals surface area (Å²) in [6.45, 7) is 2.24. The van der Waals surface area contributed by atoms with Gasteiger partial charge in [-0.1, -0.05) is 6.07 Å². The lowest BCUT2D eigenvalue weighted by Crippen LogP contribution is -2.13. The summed E-state index contributed by atoms with van der Waals surface area (Å²) in [5, 5.41) is 12.1. The second-order valence-electron chi connectivity index (χ2n) is 3.31. The number of anilines is 1. The first-order chi connectivity index (χ1) is 7.13. The van der Waals surface area contributed by atoms with Crippen molar-refractivity contribution in [3.63, 3.8) is 0 Å². The van der Waals surface area contributed by atoms with E-state index in [0.29, 0.717) is 12.3 Å². The van der Waals surface area contributed by atoms with Crippen molar-refractivity contribution in [1.82, 2.24) is 0 Å². The highest BCUT2D eigenvalue weighted by Gasteiger charge is 2.05. The monoisotopic (exact) mass is 209 g/mol. The lowest BCUT2D eigenvalue weighted by atomic mass is 10.2. The molecule has 1 aromatic carbocycles. The molecule has 15 heavy (non-hydrogen) atoms. The fourth-order valence-electron chi connectivity index (χ4n) is 1.15. The molecule has 0 aliphatic heterocycles. The summed E-state index contributed by atoms with van der Waals surface area (Å²) < 4.78 is 4.78. The standard InChI is InChI=1S/C11H15NO3/c1-8-3-4-9(10(13)7-8)12-11(14)5-6-15-2/h3-4,7,13H,5-6H2,1-2H3,(H,12,14). The Morgan fingerprint density at radius 2 is 2.27 bits per heavy atom. The number of methoxy groups -OCH3 is 1. The molecule has 4 nitrogen and oxygen atoms in total. The van der Waals surface area contributed by atoms with Crippen molar-refractivity contribution in [2.45, 2.75) is 13.3 Å². The molecule has 0 saturated heterocycles. The molecule has 82 valence electrons. The van der Waals surface area contributed by atoms with Crippen molar-refractivity contribution >= 4 is 11.6 Å². The van der Waals surface area contributed by atoms with E-state index in [2.05, 4.69) is 5.32 Å². The predicted octanol–water partition coefficient (Wildman–Crippen LogP) is 1.68. The second-order valence-corrected chi connectivity index (χ2v) is 3.31. The van der Waals surface area contributed by atoms with Gasteiger partial charge in [-0.05, 0) is 24.6 Å². The third-order valence-electron chi connectivity index (χ3n) is 1.96. The molecule has 0 atom stereocenters. The van der Waals surface area contributed by atoms with Gasteiger partial charge in [0.05, 0.1) is 18.7 Å². The van der Waals surface area contributed by atoms with Crippen LogP contribution in [0.1, 0.15) is 12.0 Å². The SMILES string of the molecule is COCCC(=O)Nc1ccc(C)cc1O. The third-order valence-corrected chi connectivity index (χ3v) is 1.96. The Hall–Kier alpha value is -1.55. The molecule has 2 N–H and O–H groups in total. The van der Waals surface area contributed by atoms with Crippen LogP contribution >= 0.6 is 0 Å². The zero-order valence-electron chi connectivity index (χ0n) is 8.91. The number of ether oxygens (including phenoxy) is 1. The zero-order chi connectivity index (χ0) is 11.3. The molecule has 0 bridgehead atoms. The third kappa shape index (κ3) is 3.59. The second kappa shape index (κ2) is 5.36. The normalized spacial score (nSPS) is 10.0. The maximum Gasteiger partial charge on any atom is 0.226 e. The molecule has 0 saturated carbocycles. The zero-order valence-corrected chi connectivity index (χ0v) is 8.91. The van der Waals surface area contributed by atoms with E-state index in [1.165, 1.54) is 7.11 Å². The Balaban J connectivity index is 2.60. The van der Waals surface area contributed by atoms with Crippen LogP contribution in [0.2, 0.25) is 0 Å². The molecule has 0 aliphatic rings. The van der Waals surface area contributed by atoms with Crippen LogP contribution in [0.25, 0.3) is 0 Å². The molecule has 1 aromatic rings. The summed E-state index contributed by atoms with van der Waals surface area (Å²) in [6, 6.07) is 5.10. The average Bonchev–Trinajstić information content (AvgIpc) is 2.19. The lowest BCUT2D eigenvalue weighted by Gasteiger charge is -2.07. The minimum Gasteiger partial charge on any atom is -0.506 e. The number of phenolic OH excluding ortho intramolecular Hbond substituents is 1.